The van der Waals surface area contributed by atoms with E-state index in [0.717, 1.165) is 23.3 Å². The van der Waals surface area contributed by atoms with Crippen LogP contribution in [0.1, 0.15) is 44.9 Å². The largest absolute Gasteiger partial charge is 0.427 e. The average Bonchev–Trinajstić information content (AvgIpc) is 2.61. The molecule has 0 amide bonds. The van der Waals surface area contributed by atoms with Crippen LogP contribution in [0.15, 0.2) is 54.6 Å². The third kappa shape index (κ3) is 3.06. The van der Waals surface area contributed by atoms with E-state index >= 15 is 0 Å². The van der Waals surface area contributed by atoms with Crippen LogP contribution in [0, 0.1) is 23.2 Å². The zero-order chi connectivity index (χ0) is 17.6. The van der Waals surface area contributed by atoms with Crippen molar-refractivity contribution in [3.63, 3.8) is 0 Å². The Bertz CT molecular complexity index is 755. The fraction of sp³-hybridized carbons (Fsp3) is 0.458. The summed E-state index contributed by atoms with van der Waals surface area (Å²) in [6.07, 6.45) is 8.60. The molecule has 2 nitrogen and oxygen atoms in total. The first-order chi connectivity index (χ1) is 12.7. The van der Waals surface area contributed by atoms with Gasteiger partial charge in [-0.15, -0.1) is 0 Å². The van der Waals surface area contributed by atoms with Crippen molar-refractivity contribution in [2.75, 3.05) is 0 Å². The zero-order valence-electron chi connectivity index (χ0n) is 15.2. The summed E-state index contributed by atoms with van der Waals surface area (Å²) in [4.78, 5) is 12.6. The second-order valence-corrected chi connectivity index (χ2v) is 8.96. The van der Waals surface area contributed by atoms with E-state index in [4.69, 9.17) is 4.74 Å². The Morgan fingerprint density at radius 3 is 1.92 bits per heavy atom. The zero-order valence-corrected chi connectivity index (χ0v) is 15.2. The third-order valence-corrected chi connectivity index (χ3v) is 6.88. The van der Waals surface area contributed by atoms with Crippen molar-refractivity contribution in [3.8, 4) is 16.9 Å². The van der Waals surface area contributed by atoms with E-state index in [9.17, 15) is 4.79 Å². The predicted octanol–water partition coefficient (Wildman–Crippen LogP) is 5.87. The van der Waals surface area contributed by atoms with Crippen molar-refractivity contribution in [3.05, 3.63) is 54.6 Å². The van der Waals surface area contributed by atoms with E-state index in [0.29, 0.717) is 12.2 Å². The van der Waals surface area contributed by atoms with Gasteiger partial charge in [0.1, 0.15) is 5.75 Å². The van der Waals surface area contributed by atoms with Crippen LogP contribution < -0.4 is 4.74 Å². The molecule has 4 aliphatic carbocycles. The predicted molar refractivity (Wildman–Crippen MR) is 103 cm³/mol. The van der Waals surface area contributed by atoms with Crippen LogP contribution in [-0.2, 0) is 4.79 Å². The monoisotopic (exact) mass is 346 g/mol. The number of esters is 1. The maximum absolute atomic E-state index is 12.6. The van der Waals surface area contributed by atoms with E-state index in [-0.39, 0.29) is 11.4 Å². The Kier molecular flexibility index (Phi) is 3.88. The van der Waals surface area contributed by atoms with E-state index in [1.807, 2.05) is 42.5 Å². The Balaban J connectivity index is 1.25. The molecule has 2 heteroatoms. The Morgan fingerprint density at radius 2 is 1.35 bits per heavy atom. The molecule has 4 aliphatic rings. The van der Waals surface area contributed by atoms with Gasteiger partial charge in [-0.1, -0.05) is 42.5 Å². The van der Waals surface area contributed by atoms with Gasteiger partial charge in [-0.2, -0.15) is 0 Å². The van der Waals surface area contributed by atoms with Gasteiger partial charge in [0.05, 0.1) is 6.42 Å². The molecule has 4 bridgehead atoms. The lowest BCUT2D eigenvalue weighted by Crippen LogP contribution is -2.47. The third-order valence-electron chi connectivity index (χ3n) is 6.88. The molecule has 0 aliphatic heterocycles. The van der Waals surface area contributed by atoms with Crippen molar-refractivity contribution >= 4 is 5.97 Å². The lowest BCUT2D eigenvalue weighted by Gasteiger charge is -2.56. The van der Waals surface area contributed by atoms with E-state index in [1.165, 1.54) is 44.1 Å². The number of carbonyl (C=O) groups is 1. The average molecular weight is 346 g/mol. The highest BCUT2D eigenvalue weighted by atomic mass is 16.5. The number of hydrogen-bond donors (Lipinski definition) is 0. The molecule has 6 rings (SSSR count). The molecule has 0 atom stereocenters. The summed E-state index contributed by atoms with van der Waals surface area (Å²) in [6, 6.07) is 18.2. The molecule has 2 aromatic rings. The highest BCUT2D eigenvalue weighted by molar-refractivity contribution is 5.74. The van der Waals surface area contributed by atoms with Crippen LogP contribution in [0.2, 0.25) is 0 Å². The summed E-state index contributed by atoms with van der Waals surface area (Å²) in [5.74, 6) is 3.25. The molecule has 0 heterocycles. The summed E-state index contributed by atoms with van der Waals surface area (Å²) in [7, 11) is 0. The second kappa shape index (κ2) is 6.26. The van der Waals surface area contributed by atoms with E-state index < -0.39 is 0 Å². The minimum Gasteiger partial charge on any atom is -0.427 e. The van der Waals surface area contributed by atoms with Gasteiger partial charge in [0.25, 0.3) is 0 Å². The second-order valence-electron chi connectivity index (χ2n) is 8.96. The highest BCUT2D eigenvalue weighted by Crippen LogP contribution is 2.61. The van der Waals surface area contributed by atoms with Gasteiger partial charge in [0, 0.05) is 0 Å². The quantitative estimate of drug-likeness (QED) is 0.511. The SMILES string of the molecule is O=C(CC12CC3CC(CC(C3)C1)C2)Oc1ccc(-c2ccccc2)cc1. The Morgan fingerprint density at radius 1 is 0.808 bits per heavy atom. The fourth-order valence-corrected chi connectivity index (χ4v) is 6.33. The number of hydrogen-bond acceptors (Lipinski definition) is 2. The maximum atomic E-state index is 12.6. The van der Waals surface area contributed by atoms with Gasteiger partial charge in [0.2, 0.25) is 0 Å². The summed E-state index contributed by atoms with van der Waals surface area (Å²) >= 11 is 0. The fourth-order valence-electron chi connectivity index (χ4n) is 6.33. The van der Waals surface area contributed by atoms with Crippen LogP contribution >= 0.6 is 0 Å². The van der Waals surface area contributed by atoms with Crippen molar-refractivity contribution in [1.82, 2.24) is 0 Å². The van der Waals surface area contributed by atoms with E-state index in [1.54, 1.807) is 0 Å². The minimum absolute atomic E-state index is 0.0422. The lowest BCUT2D eigenvalue weighted by molar-refractivity contribution is -0.142. The van der Waals surface area contributed by atoms with Gasteiger partial charge >= 0.3 is 5.97 Å². The molecule has 4 fully saturated rings. The number of carbonyl (C=O) groups excluding carboxylic acids is 1. The lowest BCUT2D eigenvalue weighted by atomic mass is 9.49. The molecule has 0 N–H and O–H groups in total. The maximum Gasteiger partial charge on any atom is 0.311 e. The van der Waals surface area contributed by atoms with Crippen LogP contribution in [0.3, 0.4) is 0 Å². The van der Waals surface area contributed by atoms with Crippen LogP contribution in [0.25, 0.3) is 11.1 Å². The van der Waals surface area contributed by atoms with Gasteiger partial charge in [0.15, 0.2) is 0 Å². The standard InChI is InChI=1S/C24H26O2/c25-23(16-24-13-17-10-18(14-24)12-19(11-17)15-24)26-22-8-6-21(7-9-22)20-4-2-1-3-5-20/h1-9,17-19H,10-16H2. The molecule has 0 radical (unpaired) electrons. The summed E-state index contributed by atoms with van der Waals surface area (Å²) < 4.78 is 5.71. The molecule has 2 aromatic carbocycles. The molecule has 0 spiro atoms. The van der Waals surface area contributed by atoms with Gasteiger partial charge in [-0.05, 0) is 85.0 Å². The van der Waals surface area contributed by atoms with Crippen LogP contribution in [0.5, 0.6) is 5.75 Å². The van der Waals surface area contributed by atoms with Gasteiger partial charge in [-0.3, -0.25) is 4.79 Å². The van der Waals surface area contributed by atoms with Crippen molar-refractivity contribution in [2.45, 2.75) is 44.9 Å². The first-order valence-electron chi connectivity index (χ1n) is 10.0. The number of benzene rings is 2. The number of rotatable bonds is 4. The molecule has 134 valence electrons. The molecule has 0 saturated heterocycles. The molecule has 4 saturated carbocycles. The minimum atomic E-state index is -0.0422. The molecule has 26 heavy (non-hydrogen) atoms. The smallest absolute Gasteiger partial charge is 0.311 e. The first kappa shape index (κ1) is 16.1. The first-order valence-corrected chi connectivity index (χ1v) is 10.0. The Hall–Kier alpha value is -2.09. The number of ether oxygens (including phenoxy) is 1. The van der Waals surface area contributed by atoms with Gasteiger partial charge < -0.3 is 4.74 Å². The molecule has 0 unspecified atom stereocenters. The molecule has 0 aromatic heterocycles. The van der Waals surface area contributed by atoms with Crippen LogP contribution in [-0.4, -0.2) is 5.97 Å². The summed E-state index contributed by atoms with van der Waals surface area (Å²) in [5.41, 5.74) is 2.57. The normalized spacial score (nSPS) is 31.8. The van der Waals surface area contributed by atoms with Crippen molar-refractivity contribution in [2.24, 2.45) is 23.2 Å². The topological polar surface area (TPSA) is 26.3 Å². The van der Waals surface area contributed by atoms with Crippen molar-refractivity contribution in [1.29, 1.82) is 0 Å². The molecular weight excluding hydrogens is 320 g/mol. The Labute approximate surface area is 155 Å². The van der Waals surface area contributed by atoms with Crippen LogP contribution in [0.4, 0.5) is 0 Å². The summed E-state index contributed by atoms with van der Waals surface area (Å²) in [5, 5.41) is 0. The summed E-state index contributed by atoms with van der Waals surface area (Å²) in [6.45, 7) is 0. The van der Waals surface area contributed by atoms with E-state index in [2.05, 4.69) is 12.1 Å². The molecular formula is C24H26O2. The highest BCUT2D eigenvalue weighted by Gasteiger charge is 2.51. The van der Waals surface area contributed by atoms with Crippen molar-refractivity contribution < 1.29 is 9.53 Å². The van der Waals surface area contributed by atoms with Gasteiger partial charge in [-0.25, -0.2) is 0 Å².